The molecule has 1 rings (SSSR count). The van der Waals surface area contributed by atoms with Crippen LogP contribution >= 0.6 is 22.6 Å². The summed E-state index contributed by atoms with van der Waals surface area (Å²) in [5, 5.41) is 0. The molecule has 14 heavy (non-hydrogen) atoms. The fourth-order valence-corrected chi connectivity index (χ4v) is 1.82. The Hall–Kier alpha value is -0.390. The first-order chi connectivity index (χ1) is 6.60. The molecule has 1 aromatic heterocycles. The van der Waals surface area contributed by atoms with Crippen LogP contribution in [0.1, 0.15) is 44.6 Å². The van der Waals surface area contributed by atoms with E-state index in [2.05, 4.69) is 46.4 Å². The SMILES string of the molecule is CCc1nc(C(C)CC)[nH]c(=O)c1I. The van der Waals surface area contributed by atoms with Gasteiger partial charge in [0.2, 0.25) is 0 Å². The fraction of sp³-hybridized carbons (Fsp3) is 0.600. The first-order valence-electron chi connectivity index (χ1n) is 4.88. The van der Waals surface area contributed by atoms with E-state index in [4.69, 9.17) is 0 Å². The molecule has 1 unspecified atom stereocenters. The van der Waals surface area contributed by atoms with Gasteiger partial charge in [0.05, 0.1) is 9.26 Å². The van der Waals surface area contributed by atoms with Gasteiger partial charge in [0.25, 0.3) is 5.56 Å². The Morgan fingerprint density at radius 1 is 1.50 bits per heavy atom. The molecule has 4 heteroatoms. The molecule has 1 aromatic rings. The topological polar surface area (TPSA) is 45.8 Å². The maximum absolute atomic E-state index is 11.5. The molecule has 0 spiro atoms. The van der Waals surface area contributed by atoms with E-state index in [0.717, 1.165) is 27.9 Å². The summed E-state index contributed by atoms with van der Waals surface area (Å²) in [4.78, 5) is 18.8. The number of nitrogens with zero attached hydrogens (tertiary/aromatic N) is 1. The van der Waals surface area contributed by atoms with Crippen LogP contribution in [0.25, 0.3) is 0 Å². The van der Waals surface area contributed by atoms with Gasteiger partial charge in [-0.1, -0.05) is 20.8 Å². The van der Waals surface area contributed by atoms with Gasteiger partial charge < -0.3 is 4.98 Å². The molecular weight excluding hydrogens is 291 g/mol. The highest BCUT2D eigenvalue weighted by Crippen LogP contribution is 2.14. The second-order valence-electron chi connectivity index (χ2n) is 3.37. The van der Waals surface area contributed by atoms with Gasteiger partial charge in [-0.15, -0.1) is 0 Å². The lowest BCUT2D eigenvalue weighted by molar-refractivity contribution is 0.664. The van der Waals surface area contributed by atoms with E-state index < -0.39 is 0 Å². The van der Waals surface area contributed by atoms with Gasteiger partial charge in [-0.3, -0.25) is 4.79 Å². The van der Waals surface area contributed by atoms with Crippen molar-refractivity contribution < 1.29 is 0 Å². The van der Waals surface area contributed by atoms with Gasteiger partial charge in [0.1, 0.15) is 5.82 Å². The third-order valence-corrected chi connectivity index (χ3v) is 3.48. The average molecular weight is 306 g/mol. The highest BCUT2D eigenvalue weighted by molar-refractivity contribution is 14.1. The smallest absolute Gasteiger partial charge is 0.264 e. The molecule has 78 valence electrons. The van der Waals surface area contributed by atoms with Crippen LogP contribution in [0.3, 0.4) is 0 Å². The van der Waals surface area contributed by atoms with Gasteiger partial charge in [-0.05, 0) is 35.4 Å². The Kier molecular flexibility index (Phi) is 4.10. The minimum atomic E-state index is -0.00671. The maximum atomic E-state index is 11.5. The Morgan fingerprint density at radius 3 is 2.64 bits per heavy atom. The summed E-state index contributed by atoms with van der Waals surface area (Å²) < 4.78 is 0.720. The van der Waals surface area contributed by atoms with Crippen LogP contribution in [0, 0.1) is 3.57 Å². The van der Waals surface area contributed by atoms with Gasteiger partial charge in [-0.2, -0.15) is 0 Å². The lowest BCUT2D eigenvalue weighted by atomic mass is 10.1. The molecule has 0 aliphatic carbocycles. The summed E-state index contributed by atoms with van der Waals surface area (Å²) in [6.45, 7) is 6.18. The monoisotopic (exact) mass is 306 g/mol. The number of halogens is 1. The van der Waals surface area contributed by atoms with Gasteiger partial charge in [0, 0.05) is 5.92 Å². The predicted octanol–water partition coefficient (Wildman–Crippen LogP) is 2.45. The minimum absolute atomic E-state index is 0.00671. The molecule has 0 aliphatic rings. The average Bonchev–Trinajstić information content (AvgIpc) is 2.20. The minimum Gasteiger partial charge on any atom is -0.309 e. The van der Waals surface area contributed by atoms with Crippen molar-refractivity contribution in [1.29, 1.82) is 0 Å². The summed E-state index contributed by atoms with van der Waals surface area (Å²) in [6.07, 6.45) is 1.80. The summed E-state index contributed by atoms with van der Waals surface area (Å²) in [7, 11) is 0. The van der Waals surface area contributed by atoms with Crippen LogP contribution in [0.2, 0.25) is 0 Å². The van der Waals surface area contributed by atoms with Crippen molar-refractivity contribution in [2.24, 2.45) is 0 Å². The number of hydrogen-bond acceptors (Lipinski definition) is 2. The lowest BCUT2D eigenvalue weighted by Gasteiger charge is -2.09. The Morgan fingerprint density at radius 2 is 2.14 bits per heavy atom. The van der Waals surface area contributed by atoms with Crippen molar-refractivity contribution in [3.63, 3.8) is 0 Å². The van der Waals surface area contributed by atoms with Crippen LogP contribution in [0.15, 0.2) is 4.79 Å². The zero-order chi connectivity index (χ0) is 10.7. The number of aromatic amines is 1. The zero-order valence-corrected chi connectivity index (χ0v) is 10.9. The Balaban J connectivity index is 3.23. The van der Waals surface area contributed by atoms with E-state index in [0.29, 0.717) is 5.92 Å². The van der Waals surface area contributed by atoms with Crippen molar-refractivity contribution in [3.05, 3.63) is 25.4 Å². The van der Waals surface area contributed by atoms with Crippen LogP contribution in [0.5, 0.6) is 0 Å². The van der Waals surface area contributed by atoms with E-state index >= 15 is 0 Å². The van der Waals surface area contributed by atoms with Gasteiger partial charge >= 0.3 is 0 Å². The molecule has 0 aliphatic heterocycles. The van der Waals surface area contributed by atoms with Crippen molar-refractivity contribution in [2.75, 3.05) is 0 Å². The zero-order valence-electron chi connectivity index (χ0n) is 8.72. The van der Waals surface area contributed by atoms with Crippen molar-refractivity contribution in [2.45, 2.75) is 39.5 Å². The lowest BCUT2D eigenvalue weighted by Crippen LogP contribution is -2.19. The van der Waals surface area contributed by atoms with E-state index in [1.807, 2.05) is 6.92 Å². The summed E-state index contributed by atoms with van der Waals surface area (Å²) in [5.74, 6) is 1.14. The Bertz CT molecular complexity index is 373. The third-order valence-electron chi connectivity index (χ3n) is 2.36. The molecule has 1 N–H and O–H groups in total. The third kappa shape index (κ3) is 2.34. The molecule has 0 fully saturated rings. The summed E-state index contributed by atoms with van der Waals surface area (Å²) in [5.41, 5.74) is 0.900. The number of hydrogen-bond donors (Lipinski definition) is 1. The number of aromatic nitrogens is 2. The standard InChI is InChI=1S/C10H15IN2O/c1-4-6(3)9-12-7(5-2)8(11)10(14)13-9/h6H,4-5H2,1-3H3,(H,12,13,14). The quantitative estimate of drug-likeness (QED) is 0.872. The molecular formula is C10H15IN2O. The molecule has 0 aromatic carbocycles. The number of rotatable bonds is 3. The molecule has 0 saturated heterocycles. The van der Waals surface area contributed by atoms with E-state index in [-0.39, 0.29) is 5.56 Å². The fourth-order valence-electron chi connectivity index (χ4n) is 1.19. The van der Waals surface area contributed by atoms with Crippen LogP contribution in [-0.4, -0.2) is 9.97 Å². The van der Waals surface area contributed by atoms with Crippen molar-refractivity contribution in [1.82, 2.24) is 9.97 Å². The van der Waals surface area contributed by atoms with Gasteiger partial charge in [0.15, 0.2) is 0 Å². The summed E-state index contributed by atoms with van der Waals surface area (Å²) >= 11 is 2.05. The predicted molar refractivity (Wildman–Crippen MR) is 65.7 cm³/mol. The molecule has 1 heterocycles. The summed E-state index contributed by atoms with van der Waals surface area (Å²) in [6, 6.07) is 0. The molecule has 0 saturated carbocycles. The largest absolute Gasteiger partial charge is 0.309 e. The number of aryl methyl sites for hydroxylation is 1. The molecule has 3 nitrogen and oxygen atoms in total. The maximum Gasteiger partial charge on any atom is 0.264 e. The van der Waals surface area contributed by atoms with E-state index in [1.54, 1.807) is 0 Å². The first kappa shape index (κ1) is 11.7. The molecule has 0 bridgehead atoms. The van der Waals surface area contributed by atoms with Gasteiger partial charge in [-0.25, -0.2) is 4.98 Å². The molecule has 1 atom stereocenters. The van der Waals surface area contributed by atoms with Crippen LogP contribution < -0.4 is 5.56 Å². The second-order valence-corrected chi connectivity index (χ2v) is 4.45. The van der Waals surface area contributed by atoms with E-state index in [1.165, 1.54) is 0 Å². The highest BCUT2D eigenvalue weighted by Gasteiger charge is 2.10. The first-order valence-corrected chi connectivity index (χ1v) is 5.96. The van der Waals surface area contributed by atoms with Crippen molar-refractivity contribution >= 4 is 22.6 Å². The normalized spacial score (nSPS) is 12.9. The van der Waals surface area contributed by atoms with E-state index in [9.17, 15) is 4.79 Å². The van der Waals surface area contributed by atoms with Crippen molar-refractivity contribution in [3.8, 4) is 0 Å². The highest BCUT2D eigenvalue weighted by atomic mass is 127. The van der Waals surface area contributed by atoms with Crippen LogP contribution in [0.4, 0.5) is 0 Å². The second kappa shape index (κ2) is 4.91. The molecule has 0 radical (unpaired) electrons. The number of H-pyrrole nitrogens is 1. The Labute approximate surface area is 97.5 Å². The molecule has 0 amide bonds. The van der Waals surface area contributed by atoms with Crippen LogP contribution in [-0.2, 0) is 6.42 Å². The number of nitrogens with one attached hydrogen (secondary N) is 1.